The minimum atomic E-state index is -1.37. The molecule has 0 saturated carbocycles. The summed E-state index contributed by atoms with van der Waals surface area (Å²) in [4.78, 5) is 1.74. The molecule has 2 rings (SSSR count). The standard InChI is InChI=1S/C19H20FNO3/c1-21(13-19(24)18(23)12-20)16-8-4-14(5-9-16)2-3-15-6-10-17(22)11-7-15/h4-11,18-19,22-24H,12-13H2,1H3. The summed E-state index contributed by atoms with van der Waals surface area (Å²) < 4.78 is 12.3. The van der Waals surface area contributed by atoms with Gasteiger partial charge < -0.3 is 20.2 Å². The highest BCUT2D eigenvalue weighted by molar-refractivity contribution is 5.51. The number of phenolic OH excluding ortho intramolecular Hbond substituents is 1. The molecule has 0 spiro atoms. The zero-order valence-electron chi connectivity index (χ0n) is 13.4. The van der Waals surface area contributed by atoms with E-state index in [-0.39, 0.29) is 12.3 Å². The Hall–Kier alpha value is -2.55. The predicted octanol–water partition coefficient (Wildman–Crippen LogP) is 1.92. The molecule has 3 N–H and O–H groups in total. The first-order valence-electron chi connectivity index (χ1n) is 7.54. The van der Waals surface area contributed by atoms with Crippen LogP contribution in [0.4, 0.5) is 10.1 Å². The highest BCUT2D eigenvalue weighted by atomic mass is 19.1. The number of phenols is 1. The van der Waals surface area contributed by atoms with Crippen LogP contribution in [0.1, 0.15) is 11.1 Å². The molecule has 0 fully saturated rings. The van der Waals surface area contributed by atoms with Crippen molar-refractivity contribution >= 4 is 5.69 Å². The van der Waals surface area contributed by atoms with Crippen LogP contribution in [0.2, 0.25) is 0 Å². The van der Waals surface area contributed by atoms with Crippen molar-refractivity contribution in [2.45, 2.75) is 12.2 Å². The van der Waals surface area contributed by atoms with Crippen LogP contribution in [0.15, 0.2) is 48.5 Å². The topological polar surface area (TPSA) is 63.9 Å². The van der Waals surface area contributed by atoms with Gasteiger partial charge in [0.05, 0.1) is 6.10 Å². The van der Waals surface area contributed by atoms with Crippen LogP contribution in [-0.4, -0.2) is 47.8 Å². The van der Waals surface area contributed by atoms with Crippen LogP contribution in [0, 0.1) is 11.8 Å². The van der Waals surface area contributed by atoms with Crippen molar-refractivity contribution in [1.82, 2.24) is 0 Å². The molecule has 0 aliphatic rings. The summed E-state index contributed by atoms with van der Waals surface area (Å²) in [6.45, 7) is -0.843. The summed E-state index contributed by atoms with van der Waals surface area (Å²) in [7, 11) is 1.76. The molecule has 0 aliphatic carbocycles. The van der Waals surface area contributed by atoms with Gasteiger partial charge in [0, 0.05) is 30.4 Å². The number of aliphatic hydroxyl groups is 2. The smallest absolute Gasteiger partial charge is 0.118 e. The molecule has 0 heterocycles. The number of aliphatic hydroxyl groups excluding tert-OH is 2. The molecule has 0 amide bonds. The van der Waals surface area contributed by atoms with E-state index in [1.165, 1.54) is 0 Å². The van der Waals surface area contributed by atoms with E-state index in [1.54, 1.807) is 36.2 Å². The van der Waals surface area contributed by atoms with Gasteiger partial charge in [0.15, 0.2) is 0 Å². The fourth-order valence-electron chi connectivity index (χ4n) is 2.10. The van der Waals surface area contributed by atoms with Gasteiger partial charge in [0.1, 0.15) is 18.5 Å². The number of nitrogens with zero attached hydrogens (tertiary/aromatic N) is 1. The van der Waals surface area contributed by atoms with Gasteiger partial charge in [-0.05, 0) is 48.5 Å². The third kappa shape index (κ3) is 4.98. The first-order chi connectivity index (χ1) is 11.5. The SMILES string of the molecule is CN(CC(O)C(O)CF)c1ccc(C#Cc2ccc(O)cc2)cc1. The number of hydrogen-bond acceptors (Lipinski definition) is 4. The lowest BCUT2D eigenvalue weighted by molar-refractivity contribution is 0.0102. The molecule has 2 aromatic rings. The van der Waals surface area contributed by atoms with E-state index in [2.05, 4.69) is 11.8 Å². The zero-order valence-corrected chi connectivity index (χ0v) is 13.4. The van der Waals surface area contributed by atoms with Crippen LogP contribution in [-0.2, 0) is 0 Å². The summed E-state index contributed by atoms with van der Waals surface area (Å²) in [6.07, 6.45) is -2.52. The van der Waals surface area contributed by atoms with E-state index in [0.717, 1.165) is 16.8 Å². The summed E-state index contributed by atoms with van der Waals surface area (Å²) in [5, 5.41) is 28.2. The number of hydrogen-bond donors (Lipinski definition) is 3. The minimum absolute atomic E-state index is 0.129. The van der Waals surface area contributed by atoms with Crippen LogP contribution in [0.5, 0.6) is 5.75 Å². The molecule has 24 heavy (non-hydrogen) atoms. The largest absolute Gasteiger partial charge is 0.508 e. The van der Waals surface area contributed by atoms with Gasteiger partial charge in [0.2, 0.25) is 0 Å². The summed E-state index contributed by atoms with van der Waals surface area (Å²) in [5.74, 6) is 6.23. The third-order valence-electron chi connectivity index (χ3n) is 3.59. The van der Waals surface area contributed by atoms with Crippen molar-refractivity contribution in [2.24, 2.45) is 0 Å². The average molecular weight is 329 g/mol. The maximum absolute atomic E-state index is 12.3. The number of alkyl halides is 1. The second-order valence-electron chi connectivity index (χ2n) is 5.51. The highest BCUT2D eigenvalue weighted by Gasteiger charge is 2.17. The maximum Gasteiger partial charge on any atom is 0.118 e. The molecule has 2 atom stereocenters. The minimum Gasteiger partial charge on any atom is -0.508 e. The van der Waals surface area contributed by atoms with Crippen molar-refractivity contribution in [2.75, 3.05) is 25.2 Å². The lowest BCUT2D eigenvalue weighted by Crippen LogP contribution is -2.38. The summed E-state index contributed by atoms with van der Waals surface area (Å²) in [5.41, 5.74) is 2.46. The molecular weight excluding hydrogens is 309 g/mol. The maximum atomic E-state index is 12.3. The lowest BCUT2D eigenvalue weighted by Gasteiger charge is -2.24. The fourth-order valence-corrected chi connectivity index (χ4v) is 2.10. The second-order valence-corrected chi connectivity index (χ2v) is 5.51. The monoisotopic (exact) mass is 329 g/mol. The van der Waals surface area contributed by atoms with Gasteiger partial charge in [-0.3, -0.25) is 0 Å². The zero-order chi connectivity index (χ0) is 17.5. The fraction of sp³-hybridized carbons (Fsp3) is 0.263. The Morgan fingerprint density at radius 2 is 1.42 bits per heavy atom. The van der Waals surface area contributed by atoms with Crippen LogP contribution >= 0.6 is 0 Å². The van der Waals surface area contributed by atoms with E-state index < -0.39 is 18.9 Å². The molecule has 0 aliphatic heterocycles. The highest BCUT2D eigenvalue weighted by Crippen LogP contribution is 2.15. The lowest BCUT2D eigenvalue weighted by atomic mass is 10.1. The van der Waals surface area contributed by atoms with Crippen molar-refractivity contribution in [3.63, 3.8) is 0 Å². The molecule has 2 aromatic carbocycles. The number of benzene rings is 2. The molecule has 4 nitrogen and oxygen atoms in total. The van der Waals surface area contributed by atoms with E-state index in [4.69, 9.17) is 0 Å². The number of rotatable bonds is 5. The molecule has 0 radical (unpaired) electrons. The van der Waals surface area contributed by atoms with Gasteiger partial charge in [-0.1, -0.05) is 11.8 Å². The van der Waals surface area contributed by atoms with Crippen molar-refractivity contribution in [3.8, 4) is 17.6 Å². The van der Waals surface area contributed by atoms with Crippen LogP contribution < -0.4 is 4.90 Å². The molecule has 2 unspecified atom stereocenters. The predicted molar refractivity (Wildman–Crippen MR) is 91.8 cm³/mol. The van der Waals surface area contributed by atoms with Gasteiger partial charge in [-0.2, -0.15) is 0 Å². The van der Waals surface area contributed by atoms with E-state index in [9.17, 15) is 19.7 Å². The number of halogens is 1. The van der Waals surface area contributed by atoms with E-state index >= 15 is 0 Å². The molecule has 126 valence electrons. The Morgan fingerprint density at radius 1 is 0.917 bits per heavy atom. The Bertz CT molecular complexity index is 704. The number of aromatic hydroxyl groups is 1. The average Bonchev–Trinajstić information content (AvgIpc) is 2.60. The Balaban J connectivity index is 2.01. The second kappa shape index (κ2) is 8.34. The van der Waals surface area contributed by atoms with Gasteiger partial charge in [0.25, 0.3) is 0 Å². The first-order valence-corrected chi connectivity index (χ1v) is 7.54. The van der Waals surface area contributed by atoms with Crippen molar-refractivity contribution in [1.29, 1.82) is 0 Å². The Kier molecular flexibility index (Phi) is 6.19. The molecule has 5 heteroatoms. The van der Waals surface area contributed by atoms with E-state index in [0.29, 0.717) is 0 Å². The van der Waals surface area contributed by atoms with Crippen LogP contribution in [0.25, 0.3) is 0 Å². The van der Waals surface area contributed by atoms with Gasteiger partial charge >= 0.3 is 0 Å². The summed E-state index contributed by atoms with van der Waals surface area (Å²) >= 11 is 0. The Morgan fingerprint density at radius 3 is 1.92 bits per heavy atom. The van der Waals surface area contributed by atoms with E-state index in [1.807, 2.05) is 24.3 Å². The molecule has 0 bridgehead atoms. The molecular formula is C19H20FNO3. The van der Waals surface area contributed by atoms with Crippen LogP contribution in [0.3, 0.4) is 0 Å². The first kappa shape index (κ1) is 17.8. The Labute approximate surface area is 140 Å². The van der Waals surface area contributed by atoms with Gasteiger partial charge in [-0.15, -0.1) is 0 Å². The third-order valence-corrected chi connectivity index (χ3v) is 3.59. The van der Waals surface area contributed by atoms with Crippen molar-refractivity contribution in [3.05, 3.63) is 59.7 Å². The number of anilines is 1. The molecule has 0 saturated heterocycles. The normalized spacial score (nSPS) is 12.8. The summed E-state index contributed by atoms with van der Waals surface area (Å²) in [6, 6.07) is 14.0. The van der Waals surface area contributed by atoms with Gasteiger partial charge in [-0.25, -0.2) is 4.39 Å². The van der Waals surface area contributed by atoms with Crippen molar-refractivity contribution < 1.29 is 19.7 Å². The molecule has 0 aromatic heterocycles. The number of likely N-dealkylation sites (N-methyl/N-ethyl adjacent to an activating group) is 1. The quantitative estimate of drug-likeness (QED) is 0.734.